The van der Waals surface area contributed by atoms with Gasteiger partial charge in [0.1, 0.15) is 5.65 Å². The molecule has 0 unspecified atom stereocenters. The summed E-state index contributed by atoms with van der Waals surface area (Å²) in [6.45, 7) is 0.528. The quantitative estimate of drug-likeness (QED) is 0.786. The fourth-order valence-electron chi connectivity index (χ4n) is 1.43. The molecule has 0 amide bonds. The molecule has 2 aromatic heterocycles. The molecule has 0 aliphatic heterocycles. The number of nitrogens with two attached hydrogens (primary N) is 1. The third-order valence-electron chi connectivity index (χ3n) is 2.19. The molecule has 4 nitrogen and oxygen atoms in total. The van der Waals surface area contributed by atoms with Crippen LogP contribution in [0.4, 0.5) is 0 Å². The molecule has 2 aromatic rings. The number of hydrogen-bond acceptors (Lipinski definition) is 3. The Labute approximate surface area is 82.3 Å². The second-order valence-corrected chi connectivity index (χ2v) is 3.22. The van der Waals surface area contributed by atoms with Gasteiger partial charge in [-0.3, -0.25) is 0 Å². The number of nitrogens with zero attached hydrogens (tertiary/aromatic N) is 2. The van der Waals surface area contributed by atoms with Gasteiger partial charge in [-0.1, -0.05) is 6.07 Å². The van der Waals surface area contributed by atoms with Crippen LogP contribution in [0.15, 0.2) is 30.7 Å². The Bertz CT molecular complexity index is 424. The lowest BCUT2D eigenvalue weighted by Gasteiger charge is -2.10. The van der Waals surface area contributed by atoms with Gasteiger partial charge in [-0.05, 0) is 11.6 Å². The lowest BCUT2D eigenvalue weighted by atomic mass is 10.1. The molecule has 0 radical (unpaired) electrons. The highest BCUT2D eigenvalue weighted by molar-refractivity contribution is 5.40. The molecule has 1 atom stereocenters. The van der Waals surface area contributed by atoms with E-state index in [0.717, 1.165) is 11.2 Å². The van der Waals surface area contributed by atoms with Crippen molar-refractivity contribution in [2.24, 2.45) is 5.73 Å². The monoisotopic (exact) mass is 191 g/mol. The van der Waals surface area contributed by atoms with Gasteiger partial charge in [0, 0.05) is 25.7 Å². The highest BCUT2D eigenvalue weighted by atomic mass is 16.5. The van der Waals surface area contributed by atoms with E-state index in [4.69, 9.17) is 10.5 Å². The van der Waals surface area contributed by atoms with Gasteiger partial charge in [-0.15, -0.1) is 0 Å². The van der Waals surface area contributed by atoms with E-state index in [1.807, 2.05) is 28.9 Å². The minimum Gasteiger partial charge on any atom is -0.383 e. The van der Waals surface area contributed by atoms with Crippen LogP contribution in [0.2, 0.25) is 0 Å². The van der Waals surface area contributed by atoms with Crippen LogP contribution >= 0.6 is 0 Å². The summed E-state index contributed by atoms with van der Waals surface area (Å²) in [5.41, 5.74) is 7.89. The van der Waals surface area contributed by atoms with Gasteiger partial charge in [0.05, 0.1) is 12.6 Å². The summed E-state index contributed by atoms with van der Waals surface area (Å²) in [5.74, 6) is 0. The minimum atomic E-state index is -0.0770. The van der Waals surface area contributed by atoms with Crippen molar-refractivity contribution in [2.45, 2.75) is 6.04 Å². The summed E-state index contributed by atoms with van der Waals surface area (Å²) >= 11 is 0. The highest BCUT2D eigenvalue weighted by Gasteiger charge is 2.05. The number of fused-ring (bicyclic) bond motifs is 1. The van der Waals surface area contributed by atoms with E-state index < -0.39 is 0 Å². The first-order valence-electron chi connectivity index (χ1n) is 4.48. The molecule has 14 heavy (non-hydrogen) atoms. The molecule has 0 saturated heterocycles. The topological polar surface area (TPSA) is 52.5 Å². The molecular formula is C10H13N3O. The van der Waals surface area contributed by atoms with Gasteiger partial charge in [-0.2, -0.15) is 0 Å². The van der Waals surface area contributed by atoms with Crippen LogP contribution in [0.3, 0.4) is 0 Å². The van der Waals surface area contributed by atoms with Crippen molar-refractivity contribution < 1.29 is 4.74 Å². The van der Waals surface area contributed by atoms with Gasteiger partial charge < -0.3 is 14.9 Å². The zero-order valence-corrected chi connectivity index (χ0v) is 8.05. The Morgan fingerprint density at radius 1 is 1.57 bits per heavy atom. The lowest BCUT2D eigenvalue weighted by molar-refractivity contribution is 0.181. The highest BCUT2D eigenvalue weighted by Crippen LogP contribution is 2.11. The zero-order chi connectivity index (χ0) is 9.97. The normalized spacial score (nSPS) is 13.3. The molecule has 0 fully saturated rings. The van der Waals surface area contributed by atoms with Crippen molar-refractivity contribution in [2.75, 3.05) is 13.7 Å². The van der Waals surface area contributed by atoms with Crippen LogP contribution in [0.25, 0.3) is 5.65 Å². The summed E-state index contributed by atoms with van der Waals surface area (Å²) in [5, 5.41) is 0. The number of aromatic nitrogens is 2. The number of rotatable bonds is 3. The van der Waals surface area contributed by atoms with E-state index in [2.05, 4.69) is 4.98 Å². The molecule has 2 heterocycles. The van der Waals surface area contributed by atoms with Crippen LogP contribution in [-0.4, -0.2) is 23.1 Å². The largest absolute Gasteiger partial charge is 0.383 e. The number of imidazole rings is 1. The average Bonchev–Trinajstić information content (AvgIpc) is 2.64. The standard InChI is InChI=1S/C10H13N3O/c1-14-7-9(11)8-2-3-10-12-4-5-13(10)6-8/h2-6,9H,7,11H2,1H3/t9-/m1/s1. The molecule has 0 bridgehead atoms. The molecule has 0 spiro atoms. The Morgan fingerprint density at radius 2 is 2.43 bits per heavy atom. The first-order valence-corrected chi connectivity index (χ1v) is 4.48. The van der Waals surface area contributed by atoms with Crippen LogP contribution in [-0.2, 0) is 4.74 Å². The number of hydrogen-bond donors (Lipinski definition) is 1. The maximum Gasteiger partial charge on any atom is 0.136 e. The molecule has 74 valence electrons. The molecule has 2 rings (SSSR count). The predicted octanol–water partition coefficient (Wildman–Crippen LogP) is 0.981. The maximum atomic E-state index is 5.91. The molecule has 2 N–H and O–H groups in total. The van der Waals surface area contributed by atoms with Crippen molar-refractivity contribution in [3.05, 3.63) is 36.3 Å². The van der Waals surface area contributed by atoms with E-state index in [0.29, 0.717) is 6.61 Å². The van der Waals surface area contributed by atoms with Crippen molar-refractivity contribution in [1.29, 1.82) is 0 Å². The molecule has 4 heteroatoms. The number of pyridine rings is 1. The first-order chi connectivity index (χ1) is 6.81. The maximum absolute atomic E-state index is 5.91. The second-order valence-electron chi connectivity index (χ2n) is 3.22. The fourth-order valence-corrected chi connectivity index (χ4v) is 1.43. The predicted molar refractivity (Wildman–Crippen MR) is 54.0 cm³/mol. The van der Waals surface area contributed by atoms with Gasteiger partial charge in [0.2, 0.25) is 0 Å². The van der Waals surface area contributed by atoms with Crippen molar-refractivity contribution in [3.8, 4) is 0 Å². The van der Waals surface area contributed by atoms with E-state index >= 15 is 0 Å². The van der Waals surface area contributed by atoms with Crippen molar-refractivity contribution >= 4 is 5.65 Å². The van der Waals surface area contributed by atoms with Crippen LogP contribution in [0.1, 0.15) is 11.6 Å². The van der Waals surface area contributed by atoms with Crippen LogP contribution in [0, 0.1) is 0 Å². The minimum absolute atomic E-state index is 0.0770. The Hall–Kier alpha value is -1.39. The molecular weight excluding hydrogens is 178 g/mol. The van der Waals surface area contributed by atoms with Gasteiger partial charge in [0.25, 0.3) is 0 Å². The summed E-state index contributed by atoms with van der Waals surface area (Å²) in [6.07, 6.45) is 5.64. The van der Waals surface area contributed by atoms with E-state index in [9.17, 15) is 0 Å². The van der Waals surface area contributed by atoms with E-state index in [-0.39, 0.29) is 6.04 Å². The van der Waals surface area contributed by atoms with E-state index in [1.54, 1.807) is 13.3 Å². The Balaban J connectivity index is 2.33. The molecule has 0 aliphatic carbocycles. The summed E-state index contributed by atoms with van der Waals surface area (Å²) in [6, 6.07) is 3.85. The number of methoxy groups -OCH3 is 1. The third-order valence-corrected chi connectivity index (χ3v) is 2.19. The summed E-state index contributed by atoms with van der Waals surface area (Å²) in [4.78, 5) is 4.16. The fraction of sp³-hybridized carbons (Fsp3) is 0.300. The zero-order valence-electron chi connectivity index (χ0n) is 8.05. The lowest BCUT2D eigenvalue weighted by Crippen LogP contribution is -2.16. The Kier molecular flexibility index (Phi) is 2.47. The first kappa shape index (κ1) is 9.18. The smallest absolute Gasteiger partial charge is 0.136 e. The summed E-state index contributed by atoms with van der Waals surface area (Å²) < 4.78 is 6.95. The second kappa shape index (κ2) is 3.77. The van der Waals surface area contributed by atoms with Gasteiger partial charge >= 0.3 is 0 Å². The SMILES string of the molecule is COC[C@@H](N)c1ccc2nccn2c1. The van der Waals surface area contributed by atoms with Crippen molar-refractivity contribution in [1.82, 2.24) is 9.38 Å². The number of ether oxygens (including phenoxy) is 1. The Morgan fingerprint density at radius 3 is 3.21 bits per heavy atom. The average molecular weight is 191 g/mol. The van der Waals surface area contributed by atoms with Gasteiger partial charge in [-0.25, -0.2) is 4.98 Å². The molecule has 0 aliphatic rings. The van der Waals surface area contributed by atoms with Gasteiger partial charge in [0.15, 0.2) is 0 Å². The molecule has 0 aromatic carbocycles. The third kappa shape index (κ3) is 1.62. The van der Waals surface area contributed by atoms with Crippen LogP contribution in [0.5, 0.6) is 0 Å². The molecule has 0 saturated carbocycles. The van der Waals surface area contributed by atoms with E-state index in [1.165, 1.54) is 0 Å². The van der Waals surface area contributed by atoms with Crippen LogP contribution < -0.4 is 5.73 Å². The summed E-state index contributed by atoms with van der Waals surface area (Å²) in [7, 11) is 1.65. The van der Waals surface area contributed by atoms with Crippen molar-refractivity contribution in [3.63, 3.8) is 0 Å².